The van der Waals surface area contributed by atoms with E-state index < -0.39 is 10.0 Å². The lowest BCUT2D eigenvalue weighted by atomic mass is 10.2. The molecule has 0 amide bonds. The van der Waals surface area contributed by atoms with Crippen LogP contribution < -0.4 is 15.8 Å². The highest BCUT2D eigenvalue weighted by Gasteiger charge is 2.09. The number of sulfonamides is 1. The predicted octanol–water partition coefficient (Wildman–Crippen LogP) is 3.16. The second-order valence-electron chi connectivity index (χ2n) is 6.01. The number of hydrogen-bond donors (Lipinski definition) is 3. The van der Waals surface area contributed by atoms with Crippen LogP contribution in [-0.4, -0.2) is 23.4 Å². The van der Waals surface area contributed by atoms with Gasteiger partial charge in [-0.15, -0.1) is 0 Å². The lowest BCUT2D eigenvalue weighted by Gasteiger charge is -2.09. The van der Waals surface area contributed by atoms with Gasteiger partial charge in [-0.05, 0) is 36.4 Å². The van der Waals surface area contributed by atoms with Crippen LogP contribution >= 0.6 is 0 Å². The molecule has 0 aliphatic carbocycles. The van der Waals surface area contributed by atoms with Crippen molar-refractivity contribution in [3.63, 3.8) is 0 Å². The highest BCUT2D eigenvalue weighted by molar-refractivity contribution is 7.89. The molecule has 0 radical (unpaired) electrons. The summed E-state index contributed by atoms with van der Waals surface area (Å²) in [6, 6.07) is 17.7. The zero-order chi connectivity index (χ0) is 19.6. The molecule has 140 valence electrons. The number of para-hydroxylation sites is 1. The molecule has 4 N–H and O–H groups in total. The fourth-order valence-corrected chi connectivity index (χ4v) is 3.22. The van der Waals surface area contributed by atoms with Crippen molar-refractivity contribution in [2.75, 3.05) is 10.6 Å². The Hall–Kier alpha value is -3.56. The molecule has 2 aromatic heterocycles. The minimum Gasteiger partial charge on any atom is -0.339 e. The van der Waals surface area contributed by atoms with E-state index in [1.807, 2.05) is 30.3 Å². The van der Waals surface area contributed by atoms with Crippen molar-refractivity contribution in [1.29, 1.82) is 0 Å². The molecule has 0 fully saturated rings. The number of hydrogen-bond acceptors (Lipinski definition) is 7. The largest absolute Gasteiger partial charge is 0.339 e. The number of pyridine rings is 1. The first-order valence-electron chi connectivity index (χ1n) is 8.32. The number of nitrogens with two attached hydrogens (primary N) is 1. The molecule has 2 aromatic carbocycles. The summed E-state index contributed by atoms with van der Waals surface area (Å²) in [5.41, 5.74) is 2.21. The highest BCUT2D eigenvalue weighted by atomic mass is 32.2. The molecule has 28 heavy (non-hydrogen) atoms. The standard InChI is InChI=1S/C19H16N6O2S/c20-28(26,27)16-6-3-5-14(11-16)24-19-21-9-8-18(25-19)23-15-10-13-4-1-2-7-17(13)22-12-15/h1-12H,(H2,20,26,27)(H2,21,23,24,25). The number of fused-ring (bicyclic) bond motifs is 1. The maximum atomic E-state index is 11.5. The summed E-state index contributed by atoms with van der Waals surface area (Å²) in [7, 11) is -3.78. The van der Waals surface area contributed by atoms with Crippen LogP contribution in [0.1, 0.15) is 0 Å². The van der Waals surface area contributed by atoms with Gasteiger partial charge in [0.05, 0.1) is 22.3 Å². The van der Waals surface area contributed by atoms with E-state index in [4.69, 9.17) is 5.14 Å². The van der Waals surface area contributed by atoms with Crippen molar-refractivity contribution in [2.24, 2.45) is 5.14 Å². The number of benzene rings is 2. The van der Waals surface area contributed by atoms with Crippen LogP contribution in [0.5, 0.6) is 0 Å². The average Bonchev–Trinajstić information content (AvgIpc) is 2.68. The fraction of sp³-hybridized carbons (Fsp3) is 0. The second kappa shape index (κ2) is 7.22. The van der Waals surface area contributed by atoms with Crippen LogP contribution in [0, 0.1) is 0 Å². The molecule has 4 aromatic rings. The number of anilines is 4. The molecule has 2 heterocycles. The Morgan fingerprint density at radius 3 is 2.57 bits per heavy atom. The van der Waals surface area contributed by atoms with Gasteiger partial charge in [-0.25, -0.2) is 18.5 Å². The Labute approximate surface area is 161 Å². The van der Waals surface area contributed by atoms with E-state index in [0.29, 0.717) is 17.5 Å². The van der Waals surface area contributed by atoms with Crippen LogP contribution in [0.25, 0.3) is 10.9 Å². The Bertz CT molecular complexity index is 1260. The van der Waals surface area contributed by atoms with Crippen LogP contribution in [-0.2, 0) is 10.0 Å². The van der Waals surface area contributed by atoms with Crippen molar-refractivity contribution >= 4 is 44.1 Å². The van der Waals surface area contributed by atoms with Gasteiger partial charge in [-0.1, -0.05) is 24.3 Å². The van der Waals surface area contributed by atoms with Crippen molar-refractivity contribution in [3.8, 4) is 0 Å². The van der Waals surface area contributed by atoms with E-state index in [2.05, 4.69) is 25.6 Å². The summed E-state index contributed by atoms with van der Waals surface area (Å²) < 4.78 is 23.0. The van der Waals surface area contributed by atoms with Gasteiger partial charge in [-0.3, -0.25) is 4.98 Å². The number of aromatic nitrogens is 3. The van der Waals surface area contributed by atoms with Gasteiger partial charge in [0.25, 0.3) is 0 Å². The van der Waals surface area contributed by atoms with Crippen LogP contribution in [0.2, 0.25) is 0 Å². The van der Waals surface area contributed by atoms with E-state index in [-0.39, 0.29) is 4.90 Å². The summed E-state index contributed by atoms with van der Waals surface area (Å²) >= 11 is 0. The molecule has 0 saturated carbocycles. The maximum Gasteiger partial charge on any atom is 0.238 e. The van der Waals surface area contributed by atoms with E-state index in [0.717, 1.165) is 16.6 Å². The third kappa shape index (κ3) is 4.05. The molecule has 0 saturated heterocycles. The zero-order valence-electron chi connectivity index (χ0n) is 14.6. The first-order valence-corrected chi connectivity index (χ1v) is 9.87. The highest BCUT2D eigenvalue weighted by Crippen LogP contribution is 2.21. The number of rotatable bonds is 5. The minimum absolute atomic E-state index is 0.00835. The molecule has 9 heteroatoms. The van der Waals surface area contributed by atoms with Crippen molar-refractivity contribution in [1.82, 2.24) is 15.0 Å². The van der Waals surface area contributed by atoms with E-state index in [1.165, 1.54) is 12.1 Å². The fourth-order valence-electron chi connectivity index (χ4n) is 2.66. The molecule has 0 atom stereocenters. The van der Waals surface area contributed by atoms with Gasteiger partial charge >= 0.3 is 0 Å². The number of primary sulfonamides is 1. The summed E-state index contributed by atoms with van der Waals surface area (Å²) in [5, 5.41) is 12.3. The van der Waals surface area contributed by atoms with Gasteiger partial charge < -0.3 is 10.6 Å². The predicted molar refractivity (Wildman–Crippen MR) is 108 cm³/mol. The van der Waals surface area contributed by atoms with Crippen LogP contribution in [0.15, 0.2) is 78.0 Å². The van der Waals surface area contributed by atoms with Gasteiger partial charge in [0.1, 0.15) is 5.82 Å². The first-order chi connectivity index (χ1) is 13.5. The molecule has 4 rings (SSSR count). The summed E-state index contributed by atoms with van der Waals surface area (Å²) in [5.74, 6) is 0.877. The molecule has 8 nitrogen and oxygen atoms in total. The Morgan fingerprint density at radius 1 is 0.857 bits per heavy atom. The van der Waals surface area contributed by atoms with Gasteiger partial charge in [-0.2, -0.15) is 4.98 Å². The Morgan fingerprint density at radius 2 is 1.71 bits per heavy atom. The minimum atomic E-state index is -3.78. The van der Waals surface area contributed by atoms with Gasteiger partial charge in [0.15, 0.2) is 0 Å². The van der Waals surface area contributed by atoms with E-state index >= 15 is 0 Å². The quantitative estimate of drug-likeness (QED) is 0.477. The second-order valence-corrected chi connectivity index (χ2v) is 7.57. The summed E-state index contributed by atoms with van der Waals surface area (Å²) in [6.45, 7) is 0. The van der Waals surface area contributed by atoms with Crippen molar-refractivity contribution in [3.05, 3.63) is 73.1 Å². The topological polar surface area (TPSA) is 123 Å². The molecule has 0 bridgehead atoms. The number of nitrogens with one attached hydrogen (secondary N) is 2. The van der Waals surface area contributed by atoms with E-state index in [9.17, 15) is 8.42 Å². The average molecular weight is 392 g/mol. The maximum absolute atomic E-state index is 11.5. The third-order valence-corrected chi connectivity index (χ3v) is 4.85. The number of nitrogens with zero attached hydrogens (tertiary/aromatic N) is 3. The van der Waals surface area contributed by atoms with Crippen molar-refractivity contribution in [2.45, 2.75) is 4.90 Å². The monoisotopic (exact) mass is 392 g/mol. The molecule has 0 unspecified atom stereocenters. The Balaban J connectivity index is 1.56. The van der Waals surface area contributed by atoms with E-state index in [1.54, 1.807) is 30.6 Å². The zero-order valence-corrected chi connectivity index (χ0v) is 15.4. The first kappa shape index (κ1) is 17.8. The van der Waals surface area contributed by atoms with Crippen LogP contribution in [0.3, 0.4) is 0 Å². The van der Waals surface area contributed by atoms with Gasteiger partial charge in [0.2, 0.25) is 16.0 Å². The lowest BCUT2D eigenvalue weighted by Crippen LogP contribution is -2.12. The lowest BCUT2D eigenvalue weighted by molar-refractivity contribution is 0.598. The summed E-state index contributed by atoms with van der Waals surface area (Å²) in [6.07, 6.45) is 3.32. The third-order valence-electron chi connectivity index (χ3n) is 3.94. The van der Waals surface area contributed by atoms with Crippen LogP contribution in [0.4, 0.5) is 23.1 Å². The normalized spacial score (nSPS) is 11.3. The Kier molecular flexibility index (Phi) is 4.60. The SMILES string of the molecule is NS(=O)(=O)c1cccc(Nc2nccc(Nc3cnc4ccccc4c3)n2)c1. The molecule has 0 aliphatic heterocycles. The molecular weight excluding hydrogens is 376 g/mol. The molecule has 0 aliphatic rings. The smallest absolute Gasteiger partial charge is 0.238 e. The van der Waals surface area contributed by atoms with Gasteiger partial charge in [0, 0.05) is 17.3 Å². The molecular formula is C19H16N6O2S. The van der Waals surface area contributed by atoms with Crippen molar-refractivity contribution < 1.29 is 8.42 Å². The summed E-state index contributed by atoms with van der Waals surface area (Å²) in [4.78, 5) is 13.0. The molecule has 0 spiro atoms.